The Morgan fingerprint density at radius 2 is 1.83 bits per heavy atom. The van der Waals surface area contributed by atoms with Crippen molar-refractivity contribution in [1.82, 2.24) is 9.88 Å². The molecule has 0 radical (unpaired) electrons. The third kappa shape index (κ3) is 3.93. The minimum absolute atomic E-state index is 0.560. The summed E-state index contributed by atoms with van der Waals surface area (Å²) in [5, 5.41) is 0. The van der Waals surface area contributed by atoms with Gasteiger partial charge in [-0.2, -0.15) is 0 Å². The molecule has 5 nitrogen and oxygen atoms in total. The SMILES string of the molecule is COc1ccc(Oc2ccc(CN3CCCC3)cc2OC)cn1. The first-order chi connectivity index (χ1) is 11.3. The largest absolute Gasteiger partial charge is 0.493 e. The number of methoxy groups -OCH3 is 2. The van der Waals surface area contributed by atoms with Gasteiger partial charge >= 0.3 is 0 Å². The van der Waals surface area contributed by atoms with Crippen molar-refractivity contribution in [1.29, 1.82) is 0 Å². The molecule has 0 aliphatic carbocycles. The molecule has 122 valence electrons. The van der Waals surface area contributed by atoms with Gasteiger partial charge in [0.1, 0.15) is 5.75 Å². The van der Waals surface area contributed by atoms with Crippen LogP contribution in [0.4, 0.5) is 0 Å². The number of likely N-dealkylation sites (tertiary alicyclic amines) is 1. The van der Waals surface area contributed by atoms with E-state index in [2.05, 4.69) is 16.0 Å². The summed E-state index contributed by atoms with van der Waals surface area (Å²) >= 11 is 0. The number of rotatable bonds is 6. The Bertz CT molecular complexity index is 637. The zero-order valence-corrected chi connectivity index (χ0v) is 13.6. The lowest BCUT2D eigenvalue weighted by Crippen LogP contribution is -2.18. The Kier molecular flexibility index (Phi) is 4.98. The molecule has 23 heavy (non-hydrogen) atoms. The molecule has 1 aromatic carbocycles. The summed E-state index contributed by atoms with van der Waals surface area (Å²) in [6, 6.07) is 9.68. The minimum atomic E-state index is 0.560. The molecular formula is C18H22N2O3. The standard InChI is InChI=1S/C18H22N2O3/c1-21-17-11-14(13-20-9-3-4-10-20)5-7-16(17)23-15-6-8-18(22-2)19-12-15/h5-8,11-12H,3-4,9-10,13H2,1-2H3. The maximum atomic E-state index is 5.87. The van der Waals surface area contributed by atoms with Crippen LogP contribution in [0.3, 0.4) is 0 Å². The van der Waals surface area contributed by atoms with E-state index < -0.39 is 0 Å². The first-order valence-electron chi connectivity index (χ1n) is 7.85. The lowest BCUT2D eigenvalue weighted by molar-refractivity contribution is 0.329. The number of benzene rings is 1. The van der Waals surface area contributed by atoms with Crippen LogP contribution in [0.25, 0.3) is 0 Å². The summed E-state index contributed by atoms with van der Waals surface area (Å²) in [6.07, 6.45) is 4.22. The first kappa shape index (κ1) is 15.6. The zero-order chi connectivity index (χ0) is 16.1. The fourth-order valence-corrected chi connectivity index (χ4v) is 2.77. The topological polar surface area (TPSA) is 43.8 Å². The van der Waals surface area contributed by atoms with Crippen molar-refractivity contribution in [3.05, 3.63) is 42.1 Å². The van der Waals surface area contributed by atoms with Gasteiger partial charge in [-0.3, -0.25) is 4.90 Å². The van der Waals surface area contributed by atoms with Crippen LogP contribution in [0, 0.1) is 0 Å². The van der Waals surface area contributed by atoms with Crippen molar-refractivity contribution in [3.63, 3.8) is 0 Å². The average molecular weight is 314 g/mol. The minimum Gasteiger partial charge on any atom is -0.493 e. The summed E-state index contributed by atoms with van der Waals surface area (Å²) in [4.78, 5) is 6.60. The van der Waals surface area contributed by atoms with Crippen molar-refractivity contribution >= 4 is 0 Å². The van der Waals surface area contributed by atoms with Crippen LogP contribution in [0.1, 0.15) is 18.4 Å². The molecule has 0 atom stereocenters. The normalized spacial score (nSPS) is 14.7. The summed E-state index contributed by atoms with van der Waals surface area (Å²) in [7, 11) is 3.25. The predicted octanol–water partition coefficient (Wildman–Crippen LogP) is 3.49. The highest BCUT2D eigenvalue weighted by atomic mass is 16.5. The maximum absolute atomic E-state index is 5.87. The highest BCUT2D eigenvalue weighted by Crippen LogP contribution is 2.33. The van der Waals surface area contributed by atoms with Gasteiger partial charge in [0.05, 0.1) is 20.4 Å². The van der Waals surface area contributed by atoms with Crippen LogP contribution in [-0.2, 0) is 6.54 Å². The highest BCUT2D eigenvalue weighted by molar-refractivity contribution is 5.45. The maximum Gasteiger partial charge on any atom is 0.213 e. The molecule has 1 saturated heterocycles. The third-order valence-electron chi connectivity index (χ3n) is 3.98. The van der Waals surface area contributed by atoms with Crippen LogP contribution in [0.15, 0.2) is 36.5 Å². The average Bonchev–Trinajstić information content (AvgIpc) is 3.10. The predicted molar refractivity (Wildman–Crippen MR) is 88.4 cm³/mol. The molecule has 0 unspecified atom stereocenters. The smallest absolute Gasteiger partial charge is 0.213 e. The van der Waals surface area contributed by atoms with E-state index in [1.165, 1.54) is 31.5 Å². The van der Waals surface area contributed by atoms with Crippen LogP contribution in [-0.4, -0.2) is 37.2 Å². The van der Waals surface area contributed by atoms with Crippen molar-refractivity contribution in [2.24, 2.45) is 0 Å². The van der Waals surface area contributed by atoms with Gasteiger partial charge in [0.25, 0.3) is 0 Å². The van der Waals surface area contributed by atoms with E-state index in [1.807, 2.05) is 18.2 Å². The Balaban J connectivity index is 1.72. The summed E-state index contributed by atoms with van der Waals surface area (Å²) in [5.74, 6) is 2.63. The van der Waals surface area contributed by atoms with Crippen molar-refractivity contribution in [2.75, 3.05) is 27.3 Å². The molecule has 0 bridgehead atoms. The van der Waals surface area contributed by atoms with Crippen LogP contribution < -0.4 is 14.2 Å². The van der Waals surface area contributed by atoms with Crippen LogP contribution in [0.2, 0.25) is 0 Å². The van der Waals surface area contributed by atoms with E-state index in [4.69, 9.17) is 14.2 Å². The van der Waals surface area contributed by atoms with E-state index >= 15 is 0 Å². The van der Waals surface area contributed by atoms with E-state index in [1.54, 1.807) is 26.5 Å². The fraction of sp³-hybridized carbons (Fsp3) is 0.389. The Hall–Kier alpha value is -2.27. The molecule has 0 N–H and O–H groups in total. The zero-order valence-electron chi connectivity index (χ0n) is 13.6. The lowest BCUT2D eigenvalue weighted by Gasteiger charge is -2.16. The molecule has 0 amide bonds. The summed E-state index contributed by atoms with van der Waals surface area (Å²) in [5.41, 5.74) is 1.24. The Labute approximate surface area is 136 Å². The van der Waals surface area contributed by atoms with Crippen LogP contribution in [0.5, 0.6) is 23.1 Å². The number of hydrogen-bond donors (Lipinski definition) is 0. The second-order valence-electron chi connectivity index (χ2n) is 5.61. The Morgan fingerprint density at radius 3 is 2.48 bits per heavy atom. The van der Waals surface area contributed by atoms with Gasteiger partial charge in [-0.1, -0.05) is 6.07 Å². The highest BCUT2D eigenvalue weighted by Gasteiger charge is 2.13. The van der Waals surface area contributed by atoms with E-state index in [9.17, 15) is 0 Å². The number of ether oxygens (including phenoxy) is 3. The molecular weight excluding hydrogens is 292 g/mol. The Morgan fingerprint density at radius 1 is 1.00 bits per heavy atom. The van der Waals surface area contributed by atoms with Crippen molar-refractivity contribution in [2.45, 2.75) is 19.4 Å². The molecule has 3 rings (SSSR count). The van der Waals surface area contributed by atoms with Gasteiger partial charge in [0.15, 0.2) is 11.5 Å². The van der Waals surface area contributed by atoms with Crippen molar-refractivity contribution in [3.8, 4) is 23.1 Å². The number of hydrogen-bond acceptors (Lipinski definition) is 5. The number of aromatic nitrogens is 1. The quantitative estimate of drug-likeness (QED) is 0.816. The van der Waals surface area contributed by atoms with E-state index in [0.29, 0.717) is 17.4 Å². The van der Waals surface area contributed by atoms with E-state index in [-0.39, 0.29) is 0 Å². The fourth-order valence-electron chi connectivity index (χ4n) is 2.77. The monoisotopic (exact) mass is 314 g/mol. The molecule has 0 spiro atoms. The third-order valence-corrected chi connectivity index (χ3v) is 3.98. The van der Waals surface area contributed by atoms with Gasteiger partial charge in [-0.25, -0.2) is 4.98 Å². The van der Waals surface area contributed by atoms with Gasteiger partial charge in [0, 0.05) is 12.6 Å². The second-order valence-corrected chi connectivity index (χ2v) is 5.61. The summed E-state index contributed by atoms with van der Waals surface area (Å²) in [6.45, 7) is 3.32. The first-order valence-corrected chi connectivity index (χ1v) is 7.85. The molecule has 1 aromatic heterocycles. The second kappa shape index (κ2) is 7.33. The van der Waals surface area contributed by atoms with Gasteiger partial charge in [0.2, 0.25) is 5.88 Å². The van der Waals surface area contributed by atoms with Crippen molar-refractivity contribution < 1.29 is 14.2 Å². The van der Waals surface area contributed by atoms with Gasteiger partial charge in [-0.15, -0.1) is 0 Å². The number of nitrogens with zero attached hydrogens (tertiary/aromatic N) is 2. The molecule has 1 aliphatic heterocycles. The molecule has 2 aromatic rings. The van der Waals surface area contributed by atoms with E-state index in [0.717, 1.165) is 12.3 Å². The van der Waals surface area contributed by atoms with Gasteiger partial charge < -0.3 is 14.2 Å². The van der Waals surface area contributed by atoms with Gasteiger partial charge in [-0.05, 0) is 49.7 Å². The molecule has 2 heterocycles. The lowest BCUT2D eigenvalue weighted by atomic mass is 10.2. The number of pyridine rings is 1. The molecule has 1 aliphatic rings. The summed E-state index contributed by atoms with van der Waals surface area (Å²) < 4.78 is 16.4. The molecule has 0 saturated carbocycles. The van der Waals surface area contributed by atoms with Crippen LogP contribution >= 0.6 is 0 Å². The molecule has 5 heteroatoms. The molecule has 1 fully saturated rings.